The van der Waals surface area contributed by atoms with Gasteiger partial charge in [-0.05, 0) is 46.7 Å². The number of nitrogens with zero attached hydrogens (tertiary/aromatic N) is 4. The Kier molecular flexibility index (Phi) is 16.2. The Balaban J connectivity index is 1.45. The lowest BCUT2D eigenvalue weighted by Crippen LogP contribution is -2.51. The second-order valence-corrected chi connectivity index (χ2v) is 12.5. The minimum Gasteiger partial charge on any atom is -0.374 e. The Bertz CT molecular complexity index is 470. The first-order chi connectivity index (χ1) is 16.6. The highest BCUT2D eigenvalue weighted by Gasteiger charge is 2.39. The molecule has 2 heterocycles. The van der Waals surface area contributed by atoms with E-state index in [1.807, 2.05) is 20.8 Å². The molecule has 0 aromatic rings. The SMILES string of the molecule is CCO[Si](CCCCCCCCN1CCN(CCN2CCN(CC)CC2)CC1)(OCC)OCC. The average Bonchev–Trinajstić information content (AvgIpc) is 2.86. The number of hydrogen-bond donors (Lipinski definition) is 0. The van der Waals surface area contributed by atoms with E-state index in [0.29, 0.717) is 19.8 Å². The molecule has 0 N–H and O–H groups in total. The normalized spacial score (nSPS) is 19.8. The Hall–Kier alpha value is -0.0631. The average molecular weight is 501 g/mol. The van der Waals surface area contributed by atoms with Gasteiger partial charge in [0.05, 0.1) is 0 Å². The zero-order chi connectivity index (χ0) is 24.5. The quantitative estimate of drug-likeness (QED) is 0.198. The first kappa shape index (κ1) is 30.2. The fraction of sp³-hybridized carbons (Fsp3) is 1.00. The van der Waals surface area contributed by atoms with Gasteiger partial charge in [-0.25, -0.2) is 0 Å². The highest BCUT2D eigenvalue weighted by atomic mass is 28.4. The van der Waals surface area contributed by atoms with Crippen molar-refractivity contribution in [3.05, 3.63) is 0 Å². The number of hydrogen-bond acceptors (Lipinski definition) is 7. The maximum Gasteiger partial charge on any atom is 0.500 e. The molecule has 34 heavy (non-hydrogen) atoms. The van der Waals surface area contributed by atoms with E-state index >= 15 is 0 Å². The smallest absolute Gasteiger partial charge is 0.374 e. The van der Waals surface area contributed by atoms with Gasteiger partial charge < -0.3 is 23.1 Å². The number of rotatable bonds is 19. The minimum atomic E-state index is -2.44. The van der Waals surface area contributed by atoms with Crippen LogP contribution in [0.25, 0.3) is 0 Å². The van der Waals surface area contributed by atoms with Crippen LogP contribution in [0.15, 0.2) is 0 Å². The van der Waals surface area contributed by atoms with Crippen LogP contribution in [-0.2, 0) is 13.3 Å². The number of likely N-dealkylation sites (N-methyl/N-ethyl adjacent to an activating group) is 1. The van der Waals surface area contributed by atoms with Crippen LogP contribution in [0.1, 0.15) is 66.2 Å². The first-order valence-corrected chi connectivity index (χ1v) is 16.4. The fourth-order valence-corrected chi connectivity index (χ4v) is 7.92. The maximum atomic E-state index is 5.97. The summed E-state index contributed by atoms with van der Waals surface area (Å²) in [5.41, 5.74) is 0. The summed E-state index contributed by atoms with van der Waals surface area (Å²) in [4.78, 5) is 10.6. The zero-order valence-electron chi connectivity index (χ0n) is 23.1. The van der Waals surface area contributed by atoms with E-state index < -0.39 is 8.80 Å². The van der Waals surface area contributed by atoms with Gasteiger partial charge in [0.2, 0.25) is 0 Å². The predicted molar refractivity (Wildman–Crippen MR) is 145 cm³/mol. The molecule has 8 heteroatoms. The summed E-state index contributed by atoms with van der Waals surface area (Å²) in [7, 11) is -2.44. The van der Waals surface area contributed by atoms with Crippen molar-refractivity contribution in [2.45, 2.75) is 72.3 Å². The molecular formula is C26H56N4O3Si. The van der Waals surface area contributed by atoms with Crippen molar-refractivity contribution in [1.82, 2.24) is 19.6 Å². The molecule has 0 aromatic carbocycles. The van der Waals surface area contributed by atoms with Crippen molar-refractivity contribution in [1.29, 1.82) is 0 Å². The monoisotopic (exact) mass is 500 g/mol. The van der Waals surface area contributed by atoms with Crippen molar-refractivity contribution in [2.75, 3.05) is 98.4 Å². The van der Waals surface area contributed by atoms with Crippen LogP contribution in [0.2, 0.25) is 6.04 Å². The van der Waals surface area contributed by atoms with Crippen LogP contribution in [-0.4, -0.2) is 127 Å². The van der Waals surface area contributed by atoms with Crippen molar-refractivity contribution < 1.29 is 13.3 Å². The zero-order valence-corrected chi connectivity index (χ0v) is 24.1. The standard InChI is InChI=1S/C26H56N4O3Si/c1-5-27-16-18-29(19-17-27)24-25-30-22-20-28(21-23-30)15-13-11-9-10-12-14-26-34(31-6-2,32-7-3)33-8-4/h5-26H2,1-4H3. The van der Waals surface area contributed by atoms with Gasteiger partial charge in [-0.1, -0.05) is 32.6 Å². The Morgan fingerprint density at radius 3 is 1.29 bits per heavy atom. The van der Waals surface area contributed by atoms with Gasteiger partial charge in [0.1, 0.15) is 0 Å². The fourth-order valence-electron chi connectivity index (χ4n) is 5.23. The van der Waals surface area contributed by atoms with Crippen molar-refractivity contribution in [2.24, 2.45) is 0 Å². The third-order valence-corrected chi connectivity index (χ3v) is 10.6. The lowest BCUT2D eigenvalue weighted by atomic mass is 10.1. The number of unbranched alkanes of at least 4 members (excludes halogenated alkanes) is 5. The summed E-state index contributed by atoms with van der Waals surface area (Å²) < 4.78 is 17.9. The van der Waals surface area contributed by atoms with E-state index in [9.17, 15) is 0 Å². The van der Waals surface area contributed by atoms with Gasteiger partial charge in [-0.3, -0.25) is 9.80 Å². The van der Waals surface area contributed by atoms with Crippen molar-refractivity contribution in [3.8, 4) is 0 Å². The maximum absolute atomic E-state index is 5.97. The molecule has 2 saturated heterocycles. The van der Waals surface area contributed by atoms with Crippen LogP contribution >= 0.6 is 0 Å². The summed E-state index contributed by atoms with van der Waals surface area (Å²) >= 11 is 0. The topological polar surface area (TPSA) is 40.7 Å². The lowest BCUT2D eigenvalue weighted by molar-refractivity contribution is 0.0706. The van der Waals surface area contributed by atoms with Crippen LogP contribution in [0.4, 0.5) is 0 Å². The molecule has 0 aromatic heterocycles. The van der Waals surface area contributed by atoms with E-state index in [1.165, 1.54) is 111 Å². The van der Waals surface area contributed by atoms with Gasteiger partial charge in [0.25, 0.3) is 0 Å². The molecule has 0 bridgehead atoms. The van der Waals surface area contributed by atoms with Crippen LogP contribution < -0.4 is 0 Å². The highest BCUT2D eigenvalue weighted by Crippen LogP contribution is 2.20. The van der Waals surface area contributed by atoms with Crippen LogP contribution in [0.5, 0.6) is 0 Å². The van der Waals surface area contributed by atoms with Gasteiger partial charge in [-0.2, -0.15) is 0 Å². The molecule has 0 radical (unpaired) electrons. The summed E-state index contributed by atoms with van der Waals surface area (Å²) in [6, 6.07) is 0.960. The van der Waals surface area contributed by atoms with Crippen molar-refractivity contribution in [3.63, 3.8) is 0 Å². The van der Waals surface area contributed by atoms with E-state index in [1.54, 1.807) is 0 Å². The highest BCUT2D eigenvalue weighted by molar-refractivity contribution is 6.60. The van der Waals surface area contributed by atoms with E-state index in [-0.39, 0.29) is 0 Å². The Morgan fingerprint density at radius 2 is 0.853 bits per heavy atom. The molecule has 0 aliphatic carbocycles. The molecular weight excluding hydrogens is 444 g/mol. The molecule has 0 unspecified atom stereocenters. The molecule has 2 fully saturated rings. The summed E-state index contributed by atoms with van der Waals surface area (Å²) in [5, 5.41) is 0. The summed E-state index contributed by atoms with van der Waals surface area (Å²) in [6.07, 6.45) is 7.77. The molecule has 202 valence electrons. The van der Waals surface area contributed by atoms with Gasteiger partial charge in [-0.15, -0.1) is 0 Å². The van der Waals surface area contributed by atoms with Gasteiger partial charge >= 0.3 is 8.80 Å². The van der Waals surface area contributed by atoms with E-state index in [0.717, 1.165) is 12.5 Å². The van der Waals surface area contributed by atoms with E-state index in [2.05, 4.69) is 26.5 Å². The number of piperazine rings is 2. The molecule has 7 nitrogen and oxygen atoms in total. The molecule has 0 amide bonds. The molecule has 2 rings (SSSR count). The molecule has 0 saturated carbocycles. The molecule has 2 aliphatic rings. The molecule has 0 spiro atoms. The lowest BCUT2D eigenvalue weighted by Gasteiger charge is -2.38. The second kappa shape index (κ2) is 18.2. The Labute approximate surface area is 212 Å². The summed E-state index contributed by atoms with van der Waals surface area (Å²) in [5.74, 6) is 0. The van der Waals surface area contributed by atoms with Crippen molar-refractivity contribution >= 4 is 8.80 Å². The van der Waals surface area contributed by atoms with Gasteiger partial charge in [0, 0.05) is 91.3 Å². The summed E-state index contributed by atoms with van der Waals surface area (Å²) in [6.45, 7) is 25.4. The Morgan fingerprint density at radius 1 is 0.471 bits per heavy atom. The predicted octanol–water partition coefficient (Wildman–Crippen LogP) is 3.63. The second-order valence-electron chi connectivity index (χ2n) is 9.81. The van der Waals surface area contributed by atoms with Crippen LogP contribution in [0.3, 0.4) is 0 Å². The third-order valence-electron chi connectivity index (χ3n) is 7.41. The molecule has 2 aliphatic heterocycles. The van der Waals surface area contributed by atoms with Gasteiger partial charge in [0.15, 0.2) is 0 Å². The van der Waals surface area contributed by atoms with Crippen LogP contribution in [0, 0.1) is 0 Å². The minimum absolute atomic E-state index is 0.677. The largest absolute Gasteiger partial charge is 0.500 e. The van der Waals surface area contributed by atoms with E-state index in [4.69, 9.17) is 13.3 Å². The third kappa shape index (κ3) is 11.8. The molecule has 0 atom stereocenters. The first-order valence-electron chi connectivity index (χ1n) is 14.5.